The number of ether oxygens (including phenoxy) is 1. The van der Waals surface area contributed by atoms with Crippen LogP contribution in [0.25, 0.3) is 0 Å². The molecule has 2 amide bonds. The molecule has 10 heteroatoms. The molecule has 176 valence electrons. The van der Waals surface area contributed by atoms with E-state index in [1.165, 1.54) is 16.2 Å². The summed E-state index contributed by atoms with van der Waals surface area (Å²) in [4.78, 5) is 33.7. The van der Waals surface area contributed by atoms with E-state index in [-0.39, 0.29) is 23.8 Å². The van der Waals surface area contributed by atoms with E-state index < -0.39 is 24.0 Å². The molecule has 2 bridgehead atoms. The molecule has 7 rings (SSSR count). The lowest BCUT2D eigenvalue weighted by Gasteiger charge is -2.32. The van der Waals surface area contributed by atoms with E-state index in [1.807, 2.05) is 54.4 Å². The van der Waals surface area contributed by atoms with Crippen LogP contribution in [0.15, 0.2) is 59.8 Å². The van der Waals surface area contributed by atoms with E-state index in [1.54, 1.807) is 12.3 Å². The highest BCUT2D eigenvalue weighted by Crippen LogP contribution is 2.57. The smallest absolute Gasteiger partial charge is 0.242 e. The lowest BCUT2D eigenvalue weighted by molar-refractivity contribution is -0.125. The van der Waals surface area contributed by atoms with Crippen LogP contribution in [-0.2, 0) is 14.3 Å². The zero-order chi connectivity index (χ0) is 24.0. The molecule has 35 heavy (non-hydrogen) atoms. The van der Waals surface area contributed by atoms with Gasteiger partial charge >= 0.3 is 0 Å². The van der Waals surface area contributed by atoms with E-state index in [4.69, 9.17) is 33.0 Å². The maximum absolute atomic E-state index is 13.6. The highest BCUT2D eigenvalue weighted by atomic mass is 35.5. The number of benzene rings is 2. The minimum atomic E-state index is -0.586. The topological polar surface area (TPSA) is 75.1 Å². The van der Waals surface area contributed by atoms with Gasteiger partial charge in [0.05, 0.1) is 57.4 Å². The van der Waals surface area contributed by atoms with Gasteiger partial charge in [0.25, 0.3) is 0 Å². The number of thiazole rings is 1. The fourth-order valence-corrected chi connectivity index (χ4v) is 7.16. The molecule has 0 spiro atoms. The van der Waals surface area contributed by atoms with Gasteiger partial charge in [0.1, 0.15) is 0 Å². The number of hydrazone groups is 1. The molecule has 6 atom stereocenters. The first-order chi connectivity index (χ1) is 17.0. The minimum Gasteiger partial charge on any atom is -0.370 e. The third-order valence-corrected chi connectivity index (χ3v) is 9.06. The van der Waals surface area contributed by atoms with Crippen LogP contribution < -0.4 is 9.91 Å². The predicted molar refractivity (Wildman–Crippen MR) is 134 cm³/mol. The predicted octanol–water partition coefficient (Wildman–Crippen LogP) is 4.55. The molecule has 3 aromatic rings. The Balaban J connectivity index is 1.35. The summed E-state index contributed by atoms with van der Waals surface area (Å²) in [6.45, 7) is 1.90. The van der Waals surface area contributed by atoms with Gasteiger partial charge in [-0.2, -0.15) is 5.10 Å². The zero-order valence-electron chi connectivity index (χ0n) is 18.3. The average molecular weight is 525 g/mol. The van der Waals surface area contributed by atoms with Crippen LogP contribution in [-0.4, -0.2) is 40.8 Å². The van der Waals surface area contributed by atoms with E-state index in [0.717, 1.165) is 16.3 Å². The number of hydrogen-bond acceptors (Lipinski definition) is 7. The molecule has 0 saturated carbocycles. The maximum Gasteiger partial charge on any atom is 0.242 e. The molecule has 0 aliphatic carbocycles. The second-order valence-corrected chi connectivity index (χ2v) is 11.2. The summed E-state index contributed by atoms with van der Waals surface area (Å²) in [5, 5.41) is 8.18. The Bertz CT molecular complexity index is 1430. The van der Waals surface area contributed by atoms with Gasteiger partial charge in [-0.15, -0.1) is 11.3 Å². The Morgan fingerprint density at radius 1 is 0.943 bits per heavy atom. The number of fused-ring (bicyclic) bond motifs is 8. The van der Waals surface area contributed by atoms with Gasteiger partial charge in [-0.05, 0) is 25.1 Å². The summed E-state index contributed by atoms with van der Waals surface area (Å²) in [7, 11) is 0. The third kappa shape index (κ3) is 2.88. The summed E-state index contributed by atoms with van der Waals surface area (Å²) in [6.07, 6.45) is 0.689. The monoisotopic (exact) mass is 524 g/mol. The van der Waals surface area contributed by atoms with E-state index in [2.05, 4.69) is 4.98 Å². The summed E-state index contributed by atoms with van der Waals surface area (Å²) < 4.78 is 6.43. The summed E-state index contributed by atoms with van der Waals surface area (Å²) in [6, 6.07) is 15.0. The number of aryl methyl sites for hydroxylation is 1. The number of anilines is 2. The van der Waals surface area contributed by atoms with Crippen LogP contribution in [0.1, 0.15) is 10.4 Å². The number of halogens is 2. The Morgan fingerprint density at radius 3 is 2.40 bits per heavy atom. The van der Waals surface area contributed by atoms with Gasteiger partial charge < -0.3 is 4.74 Å². The van der Waals surface area contributed by atoms with Crippen molar-refractivity contribution >= 4 is 62.9 Å². The minimum absolute atomic E-state index is 0.243. The lowest BCUT2D eigenvalue weighted by atomic mass is 9.70. The molecule has 0 N–H and O–H groups in total. The number of amides is 2. The van der Waals surface area contributed by atoms with Crippen LogP contribution in [0.5, 0.6) is 0 Å². The van der Waals surface area contributed by atoms with Crippen molar-refractivity contribution in [2.24, 2.45) is 22.9 Å². The van der Waals surface area contributed by atoms with Crippen molar-refractivity contribution in [2.75, 3.05) is 9.91 Å². The van der Waals surface area contributed by atoms with E-state index in [9.17, 15) is 9.59 Å². The largest absolute Gasteiger partial charge is 0.370 e. The van der Waals surface area contributed by atoms with Crippen LogP contribution in [0.4, 0.5) is 10.8 Å². The van der Waals surface area contributed by atoms with E-state index in [0.29, 0.717) is 20.7 Å². The van der Waals surface area contributed by atoms with E-state index >= 15 is 0 Å². The molecule has 4 aliphatic heterocycles. The number of aromatic nitrogens is 1. The SMILES string of the molecule is Cc1cnc(N2C(=O)[C@@H]3[C@@H]4O[C@@H]([C@H]5C(c6cccc(Cl)c6Cl)=NN(c6ccccc6)[C@@H]45)[C@@H]3C2=O)s1. The second-order valence-electron chi connectivity index (χ2n) is 9.17. The second kappa shape index (κ2) is 7.61. The van der Waals surface area contributed by atoms with Crippen molar-refractivity contribution in [2.45, 2.75) is 25.2 Å². The van der Waals surface area contributed by atoms with Gasteiger partial charge in [-0.1, -0.05) is 53.5 Å². The van der Waals surface area contributed by atoms with Crippen molar-refractivity contribution in [1.29, 1.82) is 0 Å². The normalized spacial score (nSPS) is 30.8. The summed E-state index contributed by atoms with van der Waals surface area (Å²) >= 11 is 14.3. The molecule has 0 unspecified atom stereocenters. The zero-order valence-corrected chi connectivity index (χ0v) is 20.7. The average Bonchev–Trinajstić information content (AvgIpc) is 3.64. The fraction of sp³-hybridized carbons (Fsp3) is 0.280. The number of imide groups is 1. The maximum atomic E-state index is 13.6. The highest BCUT2D eigenvalue weighted by molar-refractivity contribution is 7.16. The van der Waals surface area contributed by atoms with Gasteiger partial charge in [0.15, 0.2) is 5.13 Å². The van der Waals surface area contributed by atoms with Crippen molar-refractivity contribution in [1.82, 2.24) is 4.98 Å². The van der Waals surface area contributed by atoms with Crippen molar-refractivity contribution in [3.8, 4) is 0 Å². The number of carbonyl (C=O) groups is 2. The number of hydrogen-bond donors (Lipinski definition) is 0. The Morgan fingerprint density at radius 2 is 1.69 bits per heavy atom. The molecule has 1 aromatic heterocycles. The molecule has 5 heterocycles. The number of carbonyl (C=O) groups excluding carboxylic acids is 2. The molecule has 3 fully saturated rings. The third-order valence-electron chi connectivity index (χ3n) is 7.34. The van der Waals surface area contributed by atoms with Gasteiger partial charge in [0, 0.05) is 16.6 Å². The Labute approximate surface area is 214 Å². The Kier molecular flexibility index (Phi) is 4.67. The van der Waals surface area contributed by atoms with Gasteiger partial charge in [0.2, 0.25) is 11.8 Å². The molecular weight excluding hydrogens is 507 g/mol. The summed E-state index contributed by atoms with van der Waals surface area (Å²) in [5.41, 5.74) is 2.32. The first kappa shape index (κ1) is 21.5. The van der Waals surface area contributed by atoms with Crippen LogP contribution >= 0.6 is 34.5 Å². The van der Waals surface area contributed by atoms with Crippen LogP contribution in [0.2, 0.25) is 10.0 Å². The highest BCUT2D eigenvalue weighted by Gasteiger charge is 2.72. The quantitative estimate of drug-likeness (QED) is 0.469. The first-order valence-corrected chi connectivity index (χ1v) is 12.9. The standard InChI is InChI=1S/C25H18Cl2N4O3S/c1-11-10-28-25(35-11)30-23(32)15-16(24(30)33)22-20-17(21(15)34-22)19(13-8-5-9-14(26)18(13)27)29-31(20)12-6-3-2-4-7-12/h2-10,15-17,20-22H,1H3/t15-,16+,17+,20-,21-,22+/m1/s1. The van der Waals surface area contributed by atoms with Crippen molar-refractivity contribution < 1.29 is 14.3 Å². The number of rotatable bonds is 3. The molecule has 3 saturated heterocycles. The molecule has 0 radical (unpaired) electrons. The Hall–Kier alpha value is -2.78. The van der Waals surface area contributed by atoms with Crippen molar-refractivity contribution in [3.63, 3.8) is 0 Å². The van der Waals surface area contributed by atoms with Crippen LogP contribution in [0, 0.1) is 24.7 Å². The fourth-order valence-electron chi connectivity index (χ4n) is 5.99. The molecule has 7 nitrogen and oxygen atoms in total. The molecule has 2 aromatic carbocycles. The van der Waals surface area contributed by atoms with Gasteiger partial charge in [-0.25, -0.2) is 9.88 Å². The first-order valence-electron chi connectivity index (χ1n) is 11.3. The van der Waals surface area contributed by atoms with Crippen molar-refractivity contribution in [3.05, 3.63) is 75.2 Å². The molecular formula is C25H18Cl2N4O3S. The van der Waals surface area contributed by atoms with Crippen LogP contribution in [0.3, 0.4) is 0 Å². The summed E-state index contributed by atoms with van der Waals surface area (Å²) in [5.74, 6) is -1.91. The number of nitrogens with zero attached hydrogens (tertiary/aromatic N) is 4. The van der Waals surface area contributed by atoms with Gasteiger partial charge in [-0.3, -0.25) is 14.6 Å². The molecule has 4 aliphatic rings. The lowest BCUT2D eigenvalue weighted by Crippen LogP contribution is -2.50. The number of para-hydroxylation sites is 1.